The van der Waals surface area contributed by atoms with Gasteiger partial charge in [0, 0.05) is 19.1 Å². The van der Waals surface area contributed by atoms with E-state index >= 15 is 0 Å². The van der Waals surface area contributed by atoms with Crippen molar-refractivity contribution in [2.75, 3.05) is 55.4 Å². The second-order valence-corrected chi connectivity index (χ2v) is 4.14. The van der Waals surface area contributed by atoms with E-state index in [4.69, 9.17) is 0 Å². The normalized spacial score (nSPS) is 12.5. The fraction of sp³-hybridized carbons (Fsp3) is 1.00. The highest BCUT2D eigenvalue weighted by Crippen LogP contribution is 1.96. The number of likely N-dealkylation sites (N-methyl/N-ethyl adjacent to an activating group) is 3. The van der Waals surface area contributed by atoms with Crippen LogP contribution >= 0.6 is 0 Å². The molecule has 0 aliphatic carbocycles. The largest absolute Gasteiger partial charge is 0.308 e. The summed E-state index contributed by atoms with van der Waals surface area (Å²) in [5.74, 6) is 0. The minimum Gasteiger partial charge on any atom is -0.308 e. The van der Waals surface area contributed by atoms with Gasteiger partial charge in [-0.3, -0.25) is 0 Å². The number of nitrogens with zero attached hydrogens (tertiary/aromatic N) is 3. The minimum absolute atomic E-state index is 0.620. The van der Waals surface area contributed by atoms with Crippen molar-refractivity contribution in [3.8, 4) is 0 Å². The summed E-state index contributed by atoms with van der Waals surface area (Å²) in [5.41, 5.74) is 0. The Morgan fingerprint density at radius 3 is 1.25 bits per heavy atom. The van der Waals surface area contributed by atoms with E-state index in [0.29, 0.717) is 6.04 Å². The van der Waals surface area contributed by atoms with E-state index in [1.807, 2.05) is 0 Å². The lowest BCUT2D eigenvalue weighted by molar-refractivity contribution is 0.186. The molecule has 0 amide bonds. The molecule has 3 nitrogen and oxygen atoms in total. The Kier molecular flexibility index (Phi) is 5.46. The van der Waals surface area contributed by atoms with Crippen molar-refractivity contribution in [3.63, 3.8) is 0 Å². The predicted molar refractivity (Wildman–Crippen MR) is 54.6 cm³/mol. The van der Waals surface area contributed by atoms with Gasteiger partial charge in [0.2, 0.25) is 0 Å². The van der Waals surface area contributed by atoms with E-state index in [1.165, 1.54) is 0 Å². The average molecular weight is 173 g/mol. The van der Waals surface area contributed by atoms with Gasteiger partial charge in [0.1, 0.15) is 0 Å². The lowest BCUT2D eigenvalue weighted by Gasteiger charge is -2.29. The van der Waals surface area contributed by atoms with Crippen molar-refractivity contribution < 1.29 is 0 Å². The molecular formula is C9H23N3. The molecule has 0 spiro atoms. The molecule has 74 valence electrons. The van der Waals surface area contributed by atoms with Crippen LogP contribution in [0.5, 0.6) is 0 Å². The summed E-state index contributed by atoms with van der Waals surface area (Å²) in [4.78, 5) is 6.74. The molecule has 0 saturated heterocycles. The Bertz CT molecular complexity index is 100. The molecule has 12 heavy (non-hydrogen) atoms. The van der Waals surface area contributed by atoms with Crippen molar-refractivity contribution in [2.45, 2.75) is 6.04 Å². The van der Waals surface area contributed by atoms with Gasteiger partial charge >= 0.3 is 0 Å². The average Bonchev–Trinajstić information content (AvgIpc) is 1.83. The maximum absolute atomic E-state index is 2.28. The van der Waals surface area contributed by atoms with E-state index in [9.17, 15) is 0 Å². The third-order valence-corrected chi connectivity index (χ3v) is 1.88. The molecule has 0 N–H and O–H groups in total. The van der Waals surface area contributed by atoms with Gasteiger partial charge in [-0.15, -0.1) is 0 Å². The Morgan fingerprint density at radius 2 is 1.08 bits per heavy atom. The molecule has 0 saturated carbocycles. The van der Waals surface area contributed by atoms with Crippen LogP contribution in [0.3, 0.4) is 0 Å². The third-order valence-electron chi connectivity index (χ3n) is 1.88. The molecule has 0 unspecified atom stereocenters. The zero-order valence-corrected chi connectivity index (χ0v) is 9.33. The lowest BCUT2D eigenvalue weighted by Crippen LogP contribution is -2.44. The molecule has 0 radical (unpaired) electrons. The summed E-state index contributed by atoms with van der Waals surface area (Å²) < 4.78 is 0. The summed E-state index contributed by atoms with van der Waals surface area (Å²) in [6.07, 6.45) is 0. The molecule has 0 atom stereocenters. The fourth-order valence-electron chi connectivity index (χ4n) is 1.23. The highest BCUT2D eigenvalue weighted by atomic mass is 15.2. The van der Waals surface area contributed by atoms with Gasteiger partial charge < -0.3 is 14.7 Å². The van der Waals surface area contributed by atoms with Gasteiger partial charge in [0.05, 0.1) is 0 Å². The van der Waals surface area contributed by atoms with Crippen molar-refractivity contribution in [2.24, 2.45) is 0 Å². The van der Waals surface area contributed by atoms with Crippen molar-refractivity contribution >= 4 is 0 Å². The second-order valence-electron chi connectivity index (χ2n) is 4.14. The van der Waals surface area contributed by atoms with Crippen LogP contribution in [0.4, 0.5) is 0 Å². The molecule has 0 fully saturated rings. The predicted octanol–water partition coefficient (Wildman–Crippen LogP) is 0.0398. The maximum Gasteiger partial charge on any atom is 0.0343 e. The van der Waals surface area contributed by atoms with E-state index in [-0.39, 0.29) is 0 Å². The highest BCUT2D eigenvalue weighted by molar-refractivity contribution is 4.71. The topological polar surface area (TPSA) is 9.72 Å². The number of rotatable bonds is 5. The summed E-state index contributed by atoms with van der Waals surface area (Å²) in [5, 5.41) is 0. The van der Waals surface area contributed by atoms with Gasteiger partial charge in [0.25, 0.3) is 0 Å². The number of hydrogen-bond donors (Lipinski definition) is 0. The molecule has 0 aromatic heterocycles. The van der Waals surface area contributed by atoms with Crippen molar-refractivity contribution in [3.05, 3.63) is 0 Å². The van der Waals surface area contributed by atoms with Crippen molar-refractivity contribution in [1.82, 2.24) is 14.7 Å². The molecule has 0 heterocycles. The summed E-state index contributed by atoms with van der Waals surface area (Å²) in [6.45, 7) is 2.23. The van der Waals surface area contributed by atoms with E-state index in [0.717, 1.165) is 13.1 Å². The standard InChI is InChI=1S/C9H23N3/c1-10(2)7-9(12(5)6)8-11(3)4/h9H,7-8H2,1-6H3. The Morgan fingerprint density at radius 1 is 0.750 bits per heavy atom. The van der Waals surface area contributed by atoms with Gasteiger partial charge in [-0.25, -0.2) is 0 Å². The summed E-state index contributed by atoms with van der Waals surface area (Å²) in [7, 11) is 12.7. The first-order chi connectivity index (χ1) is 5.43. The van der Waals surface area contributed by atoms with Crippen LogP contribution in [0.25, 0.3) is 0 Å². The molecular weight excluding hydrogens is 150 g/mol. The van der Waals surface area contributed by atoms with Gasteiger partial charge in [-0.05, 0) is 42.3 Å². The summed E-state index contributed by atoms with van der Waals surface area (Å²) in [6, 6.07) is 0.620. The van der Waals surface area contributed by atoms with E-state index in [1.54, 1.807) is 0 Å². The molecule has 3 heteroatoms. The Labute approximate surface area is 76.9 Å². The van der Waals surface area contributed by atoms with Crippen LogP contribution in [0.1, 0.15) is 0 Å². The van der Waals surface area contributed by atoms with Gasteiger partial charge in [-0.1, -0.05) is 0 Å². The van der Waals surface area contributed by atoms with Crippen LogP contribution < -0.4 is 0 Å². The van der Waals surface area contributed by atoms with Gasteiger partial charge in [-0.2, -0.15) is 0 Å². The highest BCUT2D eigenvalue weighted by Gasteiger charge is 2.12. The zero-order chi connectivity index (χ0) is 9.72. The first kappa shape index (κ1) is 11.9. The zero-order valence-electron chi connectivity index (χ0n) is 9.33. The molecule has 0 aliphatic heterocycles. The first-order valence-corrected chi connectivity index (χ1v) is 4.39. The van der Waals surface area contributed by atoms with E-state index < -0.39 is 0 Å². The Balaban J connectivity index is 3.87. The molecule has 0 aliphatic rings. The first-order valence-electron chi connectivity index (χ1n) is 4.39. The van der Waals surface area contributed by atoms with E-state index in [2.05, 4.69) is 57.0 Å². The fourth-order valence-corrected chi connectivity index (χ4v) is 1.23. The Hall–Kier alpha value is -0.120. The van der Waals surface area contributed by atoms with Crippen LogP contribution in [0.2, 0.25) is 0 Å². The van der Waals surface area contributed by atoms with Crippen LogP contribution in [0.15, 0.2) is 0 Å². The number of hydrogen-bond acceptors (Lipinski definition) is 3. The molecule has 0 aromatic rings. The quantitative estimate of drug-likeness (QED) is 0.581. The van der Waals surface area contributed by atoms with Crippen LogP contribution in [-0.4, -0.2) is 76.1 Å². The van der Waals surface area contributed by atoms with Crippen LogP contribution in [0, 0.1) is 0 Å². The SMILES string of the molecule is CN(C)CC(CN(C)C)N(C)C. The molecule has 0 aromatic carbocycles. The lowest BCUT2D eigenvalue weighted by atomic mass is 10.2. The minimum atomic E-state index is 0.620. The molecule has 0 bridgehead atoms. The summed E-state index contributed by atoms with van der Waals surface area (Å²) >= 11 is 0. The molecule has 0 rings (SSSR count). The smallest absolute Gasteiger partial charge is 0.0343 e. The third kappa shape index (κ3) is 5.52. The monoisotopic (exact) mass is 173 g/mol. The maximum atomic E-state index is 2.28. The van der Waals surface area contributed by atoms with Crippen LogP contribution in [-0.2, 0) is 0 Å². The van der Waals surface area contributed by atoms with Crippen molar-refractivity contribution in [1.29, 1.82) is 0 Å². The second kappa shape index (κ2) is 5.51. The van der Waals surface area contributed by atoms with Gasteiger partial charge in [0.15, 0.2) is 0 Å².